The summed E-state index contributed by atoms with van der Waals surface area (Å²) in [5.74, 6) is 0.437. The number of carbonyl (C=O) groups is 1. The number of aromatic nitrogens is 3. The van der Waals surface area contributed by atoms with Crippen molar-refractivity contribution in [1.82, 2.24) is 19.9 Å². The molecular weight excluding hydrogens is 421 g/mol. The molecule has 10 heteroatoms. The van der Waals surface area contributed by atoms with E-state index in [0.717, 1.165) is 23.4 Å². The second kappa shape index (κ2) is 8.51. The van der Waals surface area contributed by atoms with E-state index in [1.165, 1.54) is 10.5 Å². The number of aryl methyl sites for hydroxylation is 1. The van der Waals surface area contributed by atoms with E-state index < -0.39 is 17.6 Å². The van der Waals surface area contributed by atoms with Crippen molar-refractivity contribution in [2.45, 2.75) is 39.4 Å². The van der Waals surface area contributed by atoms with Gasteiger partial charge in [0.1, 0.15) is 5.75 Å². The summed E-state index contributed by atoms with van der Waals surface area (Å²) in [6.07, 6.45) is -3.59. The fraction of sp³-hybridized carbons (Fsp3) is 0.350. The molecule has 0 unspecified atom stereocenters. The molecular formula is C20H20ClF3N4O2. The van der Waals surface area contributed by atoms with Crippen LogP contribution in [0.15, 0.2) is 30.5 Å². The van der Waals surface area contributed by atoms with Gasteiger partial charge in [0.15, 0.2) is 18.1 Å². The van der Waals surface area contributed by atoms with Crippen molar-refractivity contribution in [3.8, 4) is 5.75 Å². The Morgan fingerprint density at radius 1 is 1.27 bits per heavy atom. The van der Waals surface area contributed by atoms with Crippen molar-refractivity contribution in [2.75, 3.05) is 6.61 Å². The normalized spacial score (nSPS) is 11.9. The molecule has 0 aliphatic heterocycles. The van der Waals surface area contributed by atoms with Crippen LogP contribution < -0.4 is 10.1 Å². The van der Waals surface area contributed by atoms with Gasteiger partial charge in [0.2, 0.25) is 0 Å². The van der Waals surface area contributed by atoms with E-state index in [0.29, 0.717) is 10.8 Å². The molecule has 2 aromatic heterocycles. The minimum Gasteiger partial charge on any atom is -0.483 e. The smallest absolute Gasteiger partial charge is 0.417 e. The Hall–Kier alpha value is -2.81. The Morgan fingerprint density at radius 3 is 2.67 bits per heavy atom. The van der Waals surface area contributed by atoms with Gasteiger partial charge < -0.3 is 10.1 Å². The second-order valence-electron chi connectivity index (χ2n) is 7.12. The highest BCUT2D eigenvalue weighted by Gasteiger charge is 2.31. The number of nitrogens with one attached hydrogen (secondary N) is 1. The van der Waals surface area contributed by atoms with Crippen molar-refractivity contribution >= 4 is 23.2 Å². The lowest BCUT2D eigenvalue weighted by atomic mass is 10.0. The van der Waals surface area contributed by atoms with Crippen LogP contribution in [0.25, 0.3) is 5.65 Å². The zero-order valence-electron chi connectivity index (χ0n) is 16.5. The fourth-order valence-corrected chi connectivity index (χ4v) is 3.02. The minimum absolute atomic E-state index is 0.0959. The maximum Gasteiger partial charge on any atom is 0.417 e. The summed E-state index contributed by atoms with van der Waals surface area (Å²) < 4.78 is 45.6. The summed E-state index contributed by atoms with van der Waals surface area (Å²) in [6, 6.07) is 5.74. The van der Waals surface area contributed by atoms with Crippen LogP contribution in [0.5, 0.6) is 5.75 Å². The molecule has 3 rings (SSSR count). The van der Waals surface area contributed by atoms with Crippen molar-refractivity contribution in [3.05, 3.63) is 58.0 Å². The lowest BCUT2D eigenvalue weighted by Crippen LogP contribution is -2.29. The third-order valence-electron chi connectivity index (χ3n) is 4.52. The van der Waals surface area contributed by atoms with E-state index in [1.54, 1.807) is 6.07 Å². The molecule has 0 saturated carbocycles. The van der Waals surface area contributed by atoms with Crippen LogP contribution in [0.2, 0.25) is 5.02 Å². The Kier molecular flexibility index (Phi) is 6.21. The van der Waals surface area contributed by atoms with E-state index in [2.05, 4.69) is 15.5 Å². The third kappa shape index (κ3) is 4.84. The van der Waals surface area contributed by atoms with Crippen LogP contribution in [-0.2, 0) is 17.5 Å². The number of hydrogen-bond donors (Lipinski definition) is 1. The Balaban J connectivity index is 1.67. The number of hydrogen-bond acceptors (Lipinski definition) is 4. The molecule has 1 aromatic carbocycles. The summed E-state index contributed by atoms with van der Waals surface area (Å²) >= 11 is 6.17. The summed E-state index contributed by atoms with van der Waals surface area (Å²) in [6.45, 7) is 5.46. The molecule has 1 amide bonds. The molecule has 0 aliphatic carbocycles. The van der Waals surface area contributed by atoms with Crippen molar-refractivity contribution < 1.29 is 22.7 Å². The number of carbonyl (C=O) groups excluding carboxylic acids is 1. The van der Waals surface area contributed by atoms with Gasteiger partial charge in [-0.25, -0.2) is 0 Å². The molecule has 0 bridgehead atoms. The lowest BCUT2D eigenvalue weighted by molar-refractivity contribution is -0.137. The van der Waals surface area contributed by atoms with Crippen LogP contribution in [-0.4, -0.2) is 27.1 Å². The first-order valence-electron chi connectivity index (χ1n) is 9.16. The molecule has 30 heavy (non-hydrogen) atoms. The number of benzene rings is 1. The van der Waals surface area contributed by atoms with E-state index in [9.17, 15) is 18.0 Å². The van der Waals surface area contributed by atoms with Crippen molar-refractivity contribution in [3.63, 3.8) is 0 Å². The molecule has 0 aliphatic rings. The van der Waals surface area contributed by atoms with Gasteiger partial charge in [-0.15, -0.1) is 10.2 Å². The summed E-state index contributed by atoms with van der Waals surface area (Å²) in [4.78, 5) is 12.2. The number of amides is 1. The van der Waals surface area contributed by atoms with E-state index in [4.69, 9.17) is 16.3 Å². The number of fused-ring (bicyclic) bond motifs is 1. The van der Waals surface area contributed by atoms with Gasteiger partial charge in [-0.2, -0.15) is 13.2 Å². The Morgan fingerprint density at radius 2 is 2.00 bits per heavy atom. The highest BCUT2D eigenvalue weighted by molar-refractivity contribution is 6.31. The standard InChI is InChI=1S/C20H20ClF3N4O2/c1-11(2)14-7-15(21)12(3)6-16(14)30-10-19(29)25-8-18-27-26-17-5-4-13(9-28(17)18)20(22,23)24/h4-7,9,11H,8,10H2,1-3H3,(H,25,29). The van der Waals surface area contributed by atoms with Gasteiger partial charge in [-0.05, 0) is 48.2 Å². The van der Waals surface area contributed by atoms with Gasteiger partial charge in [0.05, 0.1) is 12.1 Å². The van der Waals surface area contributed by atoms with Gasteiger partial charge >= 0.3 is 6.18 Å². The number of ether oxygens (including phenoxy) is 1. The highest BCUT2D eigenvalue weighted by atomic mass is 35.5. The Bertz CT molecular complexity index is 1080. The number of halogens is 4. The molecule has 2 heterocycles. The zero-order chi connectivity index (χ0) is 22.1. The largest absolute Gasteiger partial charge is 0.483 e. The van der Waals surface area contributed by atoms with E-state index in [-0.39, 0.29) is 30.5 Å². The van der Waals surface area contributed by atoms with Crippen LogP contribution in [0.4, 0.5) is 13.2 Å². The lowest BCUT2D eigenvalue weighted by Gasteiger charge is -2.15. The molecule has 0 radical (unpaired) electrons. The van der Waals surface area contributed by atoms with Gasteiger partial charge in [-0.1, -0.05) is 25.4 Å². The summed E-state index contributed by atoms with van der Waals surface area (Å²) in [5.41, 5.74) is 1.13. The molecule has 6 nitrogen and oxygen atoms in total. The molecule has 3 aromatic rings. The first-order valence-corrected chi connectivity index (χ1v) is 9.54. The maximum atomic E-state index is 12.9. The monoisotopic (exact) mass is 440 g/mol. The second-order valence-corrected chi connectivity index (χ2v) is 7.53. The van der Waals surface area contributed by atoms with Gasteiger partial charge in [-0.3, -0.25) is 9.20 Å². The topological polar surface area (TPSA) is 68.5 Å². The van der Waals surface area contributed by atoms with E-state index >= 15 is 0 Å². The quantitative estimate of drug-likeness (QED) is 0.611. The number of alkyl halides is 3. The Labute approximate surface area is 176 Å². The number of rotatable bonds is 6. The van der Waals surface area contributed by atoms with Crippen LogP contribution in [0.1, 0.15) is 42.3 Å². The number of nitrogens with zero attached hydrogens (tertiary/aromatic N) is 3. The molecule has 1 N–H and O–H groups in total. The minimum atomic E-state index is -4.49. The third-order valence-corrected chi connectivity index (χ3v) is 4.92. The SMILES string of the molecule is Cc1cc(OCC(=O)NCc2nnc3ccc(C(F)(F)F)cn23)c(C(C)C)cc1Cl. The van der Waals surface area contributed by atoms with E-state index in [1.807, 2.05) is 26.8 Å². The predicted octanol–water partition coefficient (Wildman–Crippen LogP) is 4.53. The van der Waals surface area contributed by atoms with Crippen LogP contribution >= 0.6 is 11.6 Å². The van der Waals surface area contributed by atoms with Gasteiger partial charge in [0, 0.05) is 11.2 Å². The average Bonchev–Trinajstić information content (AvgIpc) is 3.08. The zero-order valence-corrected chi connectivity index (χ0v) is 17.3. The first-order chi connectivity index (χ1) is 14.1. The van der Waals surface area contributed by atoms with Crippen molar-refractivity contribution in [1.29, 1.82) is 0 Å². The highest BCUT2D eigenvalue weighted by Crippen LogP contribution is 2.32. The molecule has 0 fully saturated rings. The van der Waals surface area contributed by atoms with Crippen molar-refractivity contribution in [2.24, 2.45) is 0 Å². The molecule has 0 spiro atoms. The summed E-state index contributed by atoms with van der Waals surface area (Å²) in [5, 5.41) is 10.9. The summed E-state index contributed by atoms with van der Waals surface area (Å²) in [7, 11) is 0. The average molecular weight is 441 g/mol. The molecule has 160 valence electrons. The molecule has 0 saturated heterocycles. The van der Waals surface area contributed by atoms with Gasteiger partial charge in [0.25, 0.3) is 5.91 Å². The van der Waals surface area contributed by atoms with Crippen LogP contribution in [0.3, 0.4) is 0 Å². The fourth-order valence-electron chi connectivity index (χ4n) is 2.85. The first kappa shape index (κ1) is 21.9. The van der Waals surface area contributed by atoms with Crippen LogP contribution in [0, 0.1) is 6.92 Å². The maximum absolute atomic E-state index is 12.9. The molecule has 0 atom stereocenters. The number of pyridine rings is 1. The predicted molar refractivity (Wildman–Crippen MR) is 106 cm³/mol.